The third-order valence-corrected chi connectivity index (χ3v) is 2.35. The largest absolute Gasteiger partial charge is 0.481 e. The van der Waals surface area contributed by atoms with Gasteiger partial charge in [-0.05, 0) is 12.8 Å². The highest BCUT2D eigenvalue weighted by Gasteiger charge is 2.40. The monoisotopic (exact) mass is 310 g/mol. The second-order valence-electron chi connectivity index (χ2n) is 4.34. The summed E-state index contributed by atoms with van der Waals surface area (Å²) in [5.74, 6) is -5.02. The van der Waals surface area contributed by atoms with Gasteiger partial charge in [-0.25, -0.2) is 4.79 Å². The third kappa shape index (κ3) is 13.0. The summed E-state index contributed by atoms with van der Waals surface area (Å²) in [4.78, 5) is 30.5. The van der Waals surface area contributed by atoms with Crippen molar-refractivity contribution in [1.82, 2.24) is 0 Å². The lowest BCUT2D eigenvalue weighted by Gasteiger charge is -2.18. The van der Waals surface area contributed by atoms with E-state index >= 15 is 0 Å². The molecule has 0 aliphatic carbocycles. The van der Waals surface area contributed by atoms with Crippen LogP contribution in [0.25, 0.3) is 0 Å². The molecule has 9 heteroatoms. The van der Waals surface area contributed by atoms with Crippen molar-refractivity contribution in [1.29, 1.82) is 0 Å². The number of carboxylic acid groups (broad SMARTS) is 3. The average Bonchev–Trinajstić information content (AvgIpc) is 2.33. The van der Waals surface area contributed by atoms with E-state index in [2.05, 4.69) is 0 Å². The van der Waals surface area contributed by atoms with Crippen molar-refractivity contribution < 1.29 is 45.0 Å². The minimum absolute atomic E-state index is 0.283. The Bertz CT molecular complexity index is 305. The van der Waals surface area contributed by atoms with Gasteiger partial charge >= 0.3 is 17.9 Å². The minimum Gasteiger partial charge on any atom is -0.481 e. The van der Waals surface area contributed by atoms with E-state index in [1.54, 1.807) is 0 Å². The molecule has 0 saturated heterocycles. The van der Waals surface area contributed by atoms with E-state index in [0.29, 0.717) is 0 Å². The van der Waals surface area contributed by atoms with E-state index in [9.17, 15) is 14.4 Å². The van der Waals surface area contributed by atoms with Crippen LogP contribution in [0.4, 0.5) is 0 Å². The van der Waals surface area contributed by atoms with Gasteiger partial charge in [0.25, 0.3) is 0 Å². The van der Waals surface area contributed by atoms with Gasteiger partial charge < -0.3 is 30.6 Å². The fourth-order valence-electron chi connectivity index (χ4n) is 1.29. The van der Waals surface area contributed by atoms with Crippen molar-refractivity contribution in [3.05, 3.63) is 0 Å². The van der Waals surface area contributed by atoms with Gasteiger partial charge in [-0.1, -0.05) is 12.8 Å². The zero-order valence-corrected chi connectivity index (χ0v) is 11.6. The maximum Gasteiger partial charge on any atom is 0.336 e. The third-order valence-electron chi connectivity index (χ3n) is 2.35. The van der Waals surface area contributed by atoms with E-state index < -0.39 is 36.4 Å². The topological polar surface area (TPSA) is 173 Å². The molecule has 0 aromatic heterocycles. The molecule has 0 unspecified atom stereocenters. The van der Waals surface area contributed by atoms with Crippen LogP contribution in [0.3, 0.4) is 0 Å². The van der Waals surface area contributed by atoms with E-state index in [4.69, 9.17) is 30.6 Å². The van der Waals surface area contributed by atoms with Gasteiger partial charge in [0.2, 0.25) is 0 Å². The molecule has 0 heterocycles. The molecule has 0 spiro atoms. The molecule has 0 bridgehead atoms. The molecule has 0 aromatic rings. The lowest BCUT2D eigenvalue weighted by molar-refractivity contribution is -0.170. The number of carboxylic acids is 3. The molecule has 0 atom stereocenters. The molecule has 0 aliphatic heterocycles. The molecule has 9 nitrogen and oxygen atoms in total. The van der Waals surface area contributed by atoms with Crippen LogP contribution in [0.15, 0.2) is 0 Å². The van der Waals surface area contributed by atoms with Crippen LogP contribution in [0, 0.1) is 0 Å². The Hall–Kier alpha value is -1.71. The molecule has 0 aliphatic rings. The van der Waals surface area contributed by atoms with Crippen LogP contribution in [-0.4, -0.2) is 67.4 Å². The molecule has 6 N–H and O–H groups in total. The Morgan fingerprint density at radius 1 is 0.714 bits per heavy atom. The van der Waals surface area contributed by atoms with Crippen LogP contribution in [0.1, 0.15) is 38.5 Å². The highest BCUT2D eigenvalue weighted by molar-refractivity contribution is 5.88. The zero-order chi connectivity index (χ0) is 16.9. The number of unbranched alkanes of at least 4 members (excludes halogenated alkanes) is 3. The first-order chi connectivity index (χ1) is 9.69. The normalized spacial score (nSPS) is 10.4. The van der Waals surface area contributed by atoms with Crippen molar-refractivity contribution in [3.63, 3.8) is 0 Å². The first-order valence-corrected chi connectivity index (χ1v) is 6.30. The number of aliphatic carboxylic acids is 3. The number of hydrogen-bond acceptors (Lipinski definition) is 6. The molecule has 0 radical (unpaired) electrons. The van der Waals surface area contributed by atoms with Gasteiger partial charge in [0.1, 0.15) is 0 Å². The van der Waals surface area contributed by atoms with Crippen LogP contribution in [-0.2, 0) is 14.4 Å². The summed E-state index contributed by atoms with van der Waals surface area (Å²) in [5.41, 5.74) is -2.74. The molecule has 0 amide bonds. The van der Waals surface area contributed by atoms with Crippen molar-refractivity contribution >= 4 is 17.9 Å². The molecule has 124 valence electrons. The lowest BCUT2D eigenvalue weighted by atomic mass is 9.96. The fraction of sp³-hybridized carbons (Fsp3) is 0.750. The summed E-state index contributed by atoms with van der Waals surface area (Å²) in [6.45, 7) is 0.566. The quantitative estimate of drug-likeness (QED) is 0.285. The van der Waals surface area contributed by atoms with Gasteiger partial charge in [-0.15, -0.1) is 0 Å². The van der Waals surface area contributed by atoms with Crippen molar-refractivity contribution in [3.8, 4) is 0 Å². The molecular formula is C12H22O9. The van der Waals surface area contributed by atoms with Gasteiger partial charge in [-0.3, -0.25) is 9.59 Å². The van der Waals surface area contributed by atoms with E-state index in [0.717, 1.165) is 25.7 Å². The van der Waals surface area contributed by atoms with Gasteiger partial charge in [0, 0.05) is 13.2 Å². The molecule has 21 heavy (non-hydrogen) atoms. The van der Waals surface area contributed by atoms with Crippen molar-refractivity contribution in [2.24, 2.45) is 0 Å². The summed E-state index contributed by atoms with van der Waals surface area (Å²) in [6, 6.07) is 0. The number of rotatable bonds is 10. The molecule has 0 fully saturated rings. The highest BCUT2D eigenvalue weighted by Crippen LogP contribution is 2.15. The maximum atomic E-state index is 10.3. The minimum atomic E-state index is -2.74. The first-order valence-electron chi connectivity index (χ1n) is 6.30. The summed E-state index contributed by atoms with van der Waals surface area (Å²) >= 11 is 0. The molecule has 0 saturated carbocycles. The highest BCUT2D eigenvalue weighted by atomic mass is 16.4. The van der Waals surface area contributed by atoms with Crippen LogP contribution in [0.2, 0.25) is 0 Å². The van der Waals surface area contributed by atoms with Gasteiger partial charge in [-0.2, -0.15) is 0 Å². The smallest absolute Gasteiger partial charge is 0.336 e. The summed E-state index contributed by atoms with van der Waals surface area (Å²) in [5, 5.41) is 50.4. The SMILES string of the molecule is O=C(O)CC(O)(CC(=O)O)C(=O)O.OCCCCCCO. The van der Waals surface area contributed by atoms with E-state index in [1.807, 2.05) is 0 Å². The van der Waals surface area contributed by atoms with E-state index in [-0.39, 0.29) is 13.2 Å². The Balaban J connectivity index is 0. The van der Waals surface area contributed by atoms with Gasteiger partial charge in [0.15, 0.2) is 5.60 Å². The second-order valence-corrected chi connectivity index (χ2v) is 4.34. The maximum absolute atomic E-state index is 10.3. The zero-order valence-electron chi connectivity index (χ0n) is 11.6. The average molecular weight is 310 g/mol. The lowest BCUT2D eigenvalue weighted by Crippen LogP contribution is -2.42. The summed E-state index contributed by atoms with van der Waals surface area (Å²) < 4.78 is 0. The van der Waals surface area contributed by atoms with Crippen molar-refractivity contribution in [2.45, 2.75) is 44.1 Å². The van der Waals surface area contributed by atoms with Crippen LogP contribution in [0.5, 0.6) is 0 Å². The van der Waals surface area contributed by atoms with Crippen molar-refractivity contribution in [2.75, 3.05) is 13.2 Å². The predicted octanol–water partition coefficient (Wildman–Crippen LogP) is -0.717. The molecular weight excluding hydrogens is 288 g/mol. The summed E-state index contributed by atoms with van der Waals surface area (Å²) in [7, 11) is 0. The Kier molecular flexibility index (Phi) is 12.4. The first kappa shape index (κ1) is 21.6. The Morgan fingerprint density at radius 2 is 1.05 bits per heavy atom. The Morgan fingerprint density at radius 3 is 1.24 bits per heavy atom. The standard InChI is InChI=1S/C6H8O7.C6H14O2/c7-3(8)1-6(13,5(11)12)2-4(9)10;7-5-3-1-2-4-6-8/h13H,1-2H2,(H,7,8)(H,9,10)(H,11,12);7-8H,1-6H2. The predicted molar refractivity (Wildman–Crippen MR) is 69.7 cm³/mol. The number of hydrogen-bond donors (Lipinski definition) is 6. The second kappa shape index (κ2) is 12.1. The van der Waals surface area contributed by atoms with E-state index in [1.165, 1.54) is 0 Å². The fourth-order valence-corrected chi connectivity index (χ4v) is 1.29. The van der Waals surface area contributed by atoms with Gasteiger partial charge in [0.05, 0.1) is 12.8 Å². The van der Waals surface area contributed by atoms with Crippen LogP contribution >= 0.6 is 0 Å². The number of aliphatic hydroxyl groups is 3. The number of aliphatic hydroxyl groups excluding tert-OH is 2. The molecule has 0 aromatic carbocycles. The molecule has 0 rings (SSSR count). The number of carbonyl (C=O) groups is 3. The Labute approximate surface area is 121 Å². The summed E-state index contributed by atoms with van der Waals surface area (Å²) in [6.07, 6.45) is 1.54. The van der Waals surface area contributed by atoms with Crippen LogP contribution < -0.4 is 0 Å².